The van der Waals surface area contributed by atoms with Gasteiger partial charge in [0, 0.05) is 18.6 Å². The molecule has 1 aliphatic rings. The van der Waals surface area contributed by atoms with E-state index >= 15 is 0 Å². The van der Waals surface area contributed by atoms with E-state index in [9.17, 15) is 0 Å². The Morgan fingerprint density at radius 3 is 2.31 bits per heavy atom. The molecule has 1 heterocycles. The third kappa shape index (κ3) is 3.03. The van der Waals surface area contributed by atoms with Crippen LogP contribution in [0.5, 0.6) is 0 Å². The van der Waals surface area contributed by atoms with Gasteiger partial charge in [-0.15, -0.1) is 0 Å². The van der Waals surface area contributed by atoms with Gasteiger partial charge < -0.3 is 4.90 Å². The first-order chi connectivity index (χ1) is 6.11. The van der Waals surface area contributed by atoms with Crippen LogP contribution in [-0.4, -0.2) is 35.1 Å². The molecule has 0 aromatic heterocycles. The topological polar surface area (TPSA) is 6.48 Å². The molecule has 0 aromatic carbocycles. The second-order valence-electron chi connectivity index (χ2n) is 4.33. The molecule has 0 radical (unpaired) electrons. The monoisotopic (exact) mass is 182 g/mol. The quantitative estimate of drug-likeness (QED) is 0.646. The summed E-state index contributed by atoms with van der Waals surface area (Å²) in [5.74, 6) is 0. The van der Waals surface area contributed by atoms with Gasteiger partial charge in [0.25, 0.3) is 0 Å². The summed E-state index contributed by atoms with van der Waals surface area (Å²) in [6.07, 6.45) is 5.71. The zero-order valence-electron chi connectivity index (χ0n) is 9.33. The summed E-state index contributed by atoms with van der Waals surface area (Å²) >= 11 is 0. The minimum Gasteiger partial charge on any atom is -0.363 e. The van der Waals surface area contributed by atoms with Gasteiger partial charge in [0.15, 0.2) is 0 Å². The number of nitrogens with zero attached hydrogens (tertiary/aromatic N) is 2. The van der Waals surface area contributed by atoms with Crippen molar-refractivity contribution >= 4 is 0 Å². The smallest absolute Gasteiger partial charge is 0.0706 e. The number of hydrogen-bond donors (Lipinski definition) is 0. The summed E-state index contributed by atoms with van der Waals surface area (Å²) in [6.45, 7) is 11.3. The molecule has 0 atom stereocenters. The van der Waals surface area contributed by atoms with E-state index < -0.39 is 0 Å². The molecule has 0 aliphatic carbocycles. The van der Waals surface area contributed by atoms with Crippen LogP contribution < -0.4 is 0 Å². The Bertz CT molecular complexity index is 173. The lowest BCUT2D eigenvalue weighted by molar-refractivity contribution is 0.128. The average molecular weight is 182 g/mol. The van der Waals surface area contributed by atoms with Crippen LogP contribution in [0.25, 0.3) is 0 Å². The molecular weight excluding hydrogens is 160 g/mol. The minimum atomic E-state index is 0.607. The maximum absolute atomic E-state index is 2.51. The number of hydrogen-bond acceptors (Lipinski definition) is 2. The van der Waals surface area contributed by atoms with Crippen molar-refractivity contribution in [1.29, 1.82) is 0 Å². The summed E-state index contributed by atoms with van der Waals surface area (Å²) in [5, 5.41) is 0. The molecule has 0 aromatic rings. The molecule has 0 fully saturated rings. The Labute approximate surface area is 82.2 Å². The molecule has 2 heteroatoms. The maximum Gasteiger partial charge on any atom is 0.0706 e. The summed E-state index contributed by atoms with van der Waals surface area (Å²) in [4.78, 5) is 4.91. The third-order valence-electron chi connectivity index (χ3n) is 2.62. The second-order valence-corrected chi connectivity index (χ2v) is 4.33. The van der Waals surface area contributed by atoms with Gasteiger partial charge in [-0.05, 0) is 40.3 Å². The second kappa shape index (κ2) is 4.66. The van der Waals surface area contributed by atoms with Crippen LogP contribution >= 0.6 is 0 Å². The van der Waals surface area contributed by atoms with E-state index in [1.54, 1.807) is 0 Å². The van der Waals surface area contributed by atoms with Crippen molar-refractivity contribution in [1.82, 2.24) is 9.80 Å². The van der Waals surface area contributed by atoms with Crippen molar-refractivity contribution in [2.75, 3.05) is 13.2 Å². The largest absolute Gasteiger partial charge is 0.363 e. The Morgan fingerprint density at radius 2 is 1.77 bits per heavy atom. The fraction of sp³-hybridized carbons (Fsp3) is 0.818. The minimum absolute atomic E-state index is 0.607. The molecule has 13 heavy (non-hydrogen) atoms. The molecule has 0 saturated carbocycles. The molecule has 0 spiro atoms. The highest BCUT2D eigenvalue weighted by atomic mass is 15.3. The van der Waals surface area contributed by atoms with Crippen LogP contribution in [0.1, 0.15) is 34.1 Å². The average Bonchev–Trinajstić information content (AvgIpc) is 2.28. The lowest BCUT2D eigenvalue weighted by atomic mass is 10.3. The van der Waals surface area contributed by atoms with Crippen LogP contribution in [0.4, 0.5) is 0 Å². The van der Waals surface area contributed by atoms with Crippen LogP contribution in [0.15, 0.2) is 12.3 Å². The van der Waals surface area contributed by atoms with E-state index in [0.29, 0.717) is 12.1 Å². The normalized spacial score (nSPS) is 20.0. The molecule has 0 bridgehead atoms. The standard InChI is InChI=1S/C11H22N2/c1-10(2)12-7-5-6-8-13(9-12)11(3)4/h5,7,10-11H,6,8-9H2,1-4H3. The Balaban J connectivity index is 2.56. The molecule has 0 amide bonds. The van der Waals surface area contributed by atoms with E-state index in [0.717, 1.165) is 6.67 Å². The molecule has 0 saturated heterocycles. The Kier molecular flexibility index (Phi) is 3.79. The molecule has 2 nitrogen and oxygen atoms in total. The van der Waals surface area contributed by atoms with Crippen molar-refractivity contribution in [3.63, 3.8) is 0 Å². The first kappa shape index (κ1) is 10.6. The Hall–Kier alpha value is -0.500. The van der Waals surface area contributed by atoms with E-state index in [1.807, 2.05) is 0 Å². The summed E-state index contributed by atoms with van der Waals surface area (Å²) in [7, 11) is 0. The zero-order valence-corrected chi connectivity index (χ0v) is 9.33. The highest BCUT2D eigenvalue weighted by Crippen LogP contribution is 2.10. The van der Waals surface area contributed by atoms with Crippen LogP contribution in [0.2, 0.25) is 0 Å². The molecule has 1 rings (SSSR count). The van der Waals surface area contributed by atoms with Gasteiger partial charge in [0.05, 0.1) is 6.67 Å². The SMILES string of the molecule is CC(C)N1C=CCCN(C(C)C)C1. The Morgan fingerprint density at radius 1 is 1.08 bits per heavy atom. The van der Waals surface area contributed by atoms with Gasteiger partial charge in [0.2, 0.25) is 0 Å². The molecule has 0 N–H and O–H groups in total. The molecule has 1 aliphatic heterocycles. The predicted octanol–water partition coefficient (Wildman–Crippen LogP) is 2.28. The van der Waals surface area contributed by atoms with Crippen molar-refractivity contribution in [2.45, 2.75) is 46.2 Å². The van der Waals surface area contributed by atoms with E-state index in [-0.39, 0.29) is 0 Å². The van der Waals surface area contributed by atoms with Crippen LogP contribution in [0.3, 0.4) is 0 Å². The van der Waals surface area contributed by atoms with E-state index in [2.05, 4.69) is 49.8 Å². The first-order valence-corrected chi connectivity index (χ1v) is 5.27. The lowest BCUT2D eigenvalue weighted by Crippen LogP contribution is -2.41. The highest BCUT2D eigenvalue weighted by Gasteiger charge is 2.15. The summed E-state index contributed by atoms with van der Waals surface area (Å²) in [6, 6.07) is 1.26. The van der Waals surface area contributed by atoms with Gasteiger partial charge in [0.1, 0.15) is 0 Å². The highest BCUT2D eigenvalue weighted by molar-refractivity contribution is 4.89. The third-order valence-corrected chi connectivity index (χ3v) is 2.62. The van der Waals surface area contributed by atoms with Crippen molar-refractivity contribution in [2.24, 2.45) is 0 Å². The number of rotatable bonds is 2. The zero-order chi connectivity index (χ0) is 9.84. The lowest BCUT2D eigenvalue weighted by Gasteiger charge is -2.32. The van der Waals surface area contributed by atoms with Gasteiger partial charge in [-0.2, -0.15) is 0 Å². The van der Waals surface area contributed by atoms with Crippen molar-refractivity contribution < 1.29 is 0 Å². The first-order valence-electron chi connectivity index (χ1n) is 5.27. The molecular formula is C11H22N2. The summed E-state index contributed by atoms with van der Waals surface area (Å²) in [5.41, 5.74) is 0. The van der Waals surface area contributed by atoms with Crippen molar-refractivity contribution in [3.8, 4) is 0 Å². The molecule has 0 unspecified atom stereocenters. The molecule has 76 valence electrons. The van der Waals surface area contributed by atoms with Crippen molar-refractivity contribution in [3.05, 3.63) is 12.3 Å². The van der Waals surface area contributed by atoms with E-state index in [1.165, 1.54) is 13.0 Å². The fourth-order valence-electron chi connectivity index (χ4n) is 1.53. The van der Waals surface area contributed by atoms with Gasteiger partial charge >= 0.3 is 0 Å². The fourth-order valence-corrected chi connectivity index (χ4v) is 1.53. The predicted molar refractivity (Wildman–Crippen MR) is 57.4 cm³/mol. The maximum atomic E-state index is 2.51. The summed E-state index contributed by atoms with van der Waals surface area (Å²) < 4.78 is 0. The van der Waals surface area contributed by atoms with Gasteiger partial charge in [-0.1, -0.05) is 6.08 Å². The van der Waals surface area contributed by atoms with Crippen LogP contribution in [0, 0.1) is 0 Å². The van der Waals surface area contributed by atoms with Crippen LogP contribution in [-0.2, 0) is 0 Å². The van der Waals surface area contributed by atoms with Gasteiger partial charge in [-0.3, -0.25) is 4.90 Å². The van der Waals surface area contributed by atoms with E-state index in [4.69, 9.17) is 0 Å². The van der Waals surface area contributed by atoms with Gasteiger partial charge in [-0.25, -0.2) is 0 Å².